The topological polar surface area (TPSA) is 79.5 Å². The van der Waals surface area contributed by atoms with Gasteiger partial charge in [-0.1, -0.05) is 6.07 Å². The second-order valence-corrected chi connectivity index (χ2v) is 5.03. The summed E-state index contributed by atoms with van der Waals surface area (Å²) in [5.41, 5.74) is 1.92. The van der Waals surface area contributed by atoms with Crippen molar-refractivity contribution in [2.45, 2.75) is 25.9 Å². The number of carbonyl (C=O) groups is 2. The Bertz CT molecular complexity index is 525. The molecule has 0 aromatic heterocycles. The Morgan fingerprint density at radius 2 is 2.19 bits per heavy atom. The number of hydrogen-bond acceptors (Lipinski definition) is 3. The SMILES string of the molecule is CNC(=O)c1cccc(NC(=O)NCC2CCCO2)c1C. The van der Waals surface area contributed by atoms with Crippen LogP contribution in [0.25, 0.3) is 0 Å². The normalized spacial score (nSPS) is 17.3. The van der Waals surface area contributed by atoms with Crippen molar-refractivity contribution in [2.24, 2.45) is 0 Å². The number of nitrogens with one attached hydrogen (secondary N) is 3. The maximum absolute atomic E-state index is 11.9. The summed E-state index contributed by atoms with van der Waals surface area (Å²) < 4.78 is 5.45. The van der Waals surface area contributed by atoms with Gasteiger partial charge < -0.3 is 20.7 Å². The Kier molecular flexibility index (Phi) is 5.16. The summed E-state index contributed by atoms with van der Waals surface area (Å²) in [6, 6.07) is 4.95. The van der Waals surface area contributed by atoms with E-state index >= 15 is 0 Å². The Balaban J connectivity index is 1.95. The molecule has 114 valence electrons. The second-order valence-electron chi connectivity index (χ2n) is 5.03. The van der Waals surface area contributed by atoms with E-state index in [1.165, 1.54) is 0 Å². The van der Waals surface area contributed by atoms with Gasteiger partial charge in [-0.25, -0.2) is 4.79 Å². The standard InChI is InChI=1S/C15H21N3O3/c1-10-12(14(19)16-2)6-3-7-13(10)18-15(20)17-9-11-5-4-8-21-11/h3,6-7,11H,4-5,8-9H2,1-2H3,(H,16,19)(H2,17,18,20). The average molecular weight is 291 g/mol. The fourth-order valence-corrected chi connectivity index (χ4v) is 2.33. The predicted octanol–water partition coefficient (Wildman–Crippen LogP) is 1.66. The minimum absolute atomic E-state index is 0.106. The number of amides is 3. The number of carbonyl (C=O) groups excluding carboxylic acids is 2. The van der Waals surface area contributed by atoms with Crippen molar-refractivity contribution < 1.29 is 14.3 Å². The predicted molar refractivity (Wildman–Crippen MR) is 80.6 cm³/mol. The molecule has 1 saturated heterocycles. The van der Waals surface area contributed by atoms with Gasteiger partial charge in [0.1, 0.15) is 0 Å². The van der Waals surface area contributed by atoms with Crippen LogP contribution in [0.2, 0.25) is 0 Å². The second kappa shape index (κ2) is 7.08. The van der Waals surface area contributed by atoms with E-state index in [9.17, 15) is 9.59 Å². The van der Waals surface area contributed by atoms with Gasteiger partial charge in [0.15, 0.2) is 0 Å². The van der Waals surface area contributed by atoms with Gasteiger partial charge in [0.25, 0.3) is 5.91 Å². The van der Waals surface area contributed by atoms with Crippen LogP contribution < -0.4 is 16.0 Å². The van der Waals surface area contributed by atoms with Gasteiger partial charge in [0.2, 0.25) is 0 Å². The van der Waals surface area contributed by atoms with Crippen LogP contribution >= 0.6 is 0 Å². The molecule has 0 bridgehead atoms. The molecule has 1 unspecified atom stereocenters. The molecule has 3 N–H and O–H groups in total. The van der Waals surface area contributed by atoms with E-state index in [0.717, 1.165) is 25.0 Å². The number of anilines is 1. The van der Waals surface area contributed by atoms with Crippen molar-refractivity contribution in [2.75, 3.05) is 25.5 Å². The summed E-state index contributed by atoms with van der Waals surface area (Å²) in [6.45, 7) is 3.07. The molecular weight excluding hydrogens is 270 g/mol. The van der Waals surface area contributed by atoms with Gasteiger partial charge in [-0.2, -0.15) is 0 Å². The van der Waals surface area contributed by atoms with Crippen LogP contribution in [0.1, 0.15) is 28.8 Å². The third-order valence-corrected chi connectivity index (χ3v) is 3.57. The Morgan fingerprint density at radius 1 is 1.38 bits per heavy atom. The molecule has 1 aromatic carbocycles. The smallest absolute Gasteiger partial charge is 0.319 e. The van der Waals surface area contributed by atoms with E-state index in [-0.39, 0.29) is 18.0 Å². The fraction of sp³-hybridized carbons (Fsp3) is 0.467. The number of hydrogen-bond donors (Lipinski definition) is 3. The van der Waals surface area contributed by atoms with Crippen molar-refractivity contribution in [3.8, 4) is 0 Å². The van der Waals surface area contributed by atoms with Gasteiger partial charge in [-0.05, 0) is 37.5 Å². The molecule has 0 aliphatic carbocycles. The van der Waals surface area contributed by atoms with Crippen LogP contribution in [-0.2, 0) is 4.74 Å². The molecular formula is C15H21N3O3. The lowest BCUT2D eigenvalue weighted by Gasteiger charge is -2.14. The summed E-state index contributed by atoms with van der Waals surface area (Å²) in [5, 5.41) is 8.14. The van der Waals surface area contributed by atoms with E-state index in [1.54, 1.807) is 32.2 Å². The molecule has 2 rings (SSSR count). The van der Waals surface area contributed by atoms with E-state index < -0.39 is 0 Å². The Labute approximate surface area is 124 Å². The summed E-state index contributed by atoms with van der Waals surface area (Å²) in [7, 11) is 1.58. The van der Waals surface area contributed by atoms with Crippen LogP contribution in [0.5, 0.6) is 0 Å². The highest BCUT2D eigenvalue weighted by Crippen LogP contribution is 2.19. The summed E-state index contributed by atoms with van der Waals surface area (Å²) in [5.74, 6) is -0.170. The van der Waals surface area contributed by atoms with Crippen LogP contribution in [-0.4, -0.2) is 38.2 Å². The maximum atomic E-state index is 11.9. The maximum Gasteiger partial charge on any atom is 0.319 e. The molecule has 0 spiro atoms. The first-order chi connectivity index (χ1) is 10.1. The lowest BCUT2D eigenvalue weighted by atomic mass is 10.1. The van der Waals surface area contributed by atoms with Crippen molar-refractivity contribution in [3.63, 3.8) is 0 Å². The van der Waals surface area contributed by atoms with E-state index in [2.05, 4.69) is 16.0 Å². The first kappa shape index (κ1) is 15.3. The van der Waals surface area contributed by atoms with E-state index in [0.29, 0.717) is 17.8 Å². The molecule has 0 saturated carbocycles. The van der Waals surface area contributed by atoms with Crippen LogP contribution in [0.3, 0.4) is 0 Å². The molecule has 0 radical (unpaired) electrons. The number of ether oxygens (including phenoxy) is 1. The number of benzene rings is 1. The van der Waals surface area contributed by atoms with Gasteiger partial charge in [0.05, 0.1) is 6.10 Å². The van der Waals surface area contributed by atoms with Crippen molar-refractivity contribution in [1.82, 2.24) is 10.6 Å². The molecule has 6 nitrogen and oxygen atoms in total. The first-order valence-corrected chi connectivity index (χ1v) is 7.10. The largest absolute Gasteiger partial charge is 0.376 e. The molecule has 1 fully saturated rings. The summed E-state index contributed by atoms with van der Waals surface area (Å²) >= 11 is 0. The van der Waals surface area contributed by atoms with Crippen molar-refractivity contribution in [3.05, 3.63) is 29.3 Å². The monoisotopic (exact) mass is 291 g/mol. The summed E-state index contributed by atoms with van der Waals surface area (Å²) in [4.78, 5) is 23.6. The minimum atomic E-state index is -0.289. The van der Waals surface area contributed by atoms with Gasteiger partial charge in [-0.15, -0.1) is 0 Å². The lowest BCUT2D eigenvalue weighted by Crippen LogP contribution is -2.35. The molecule has 1 aliphatic heterocycles. The van der Waals surface area contributed by atoms with E-state index in [4.69, 9.17) is 4.74 Å². The molecule has 21 heavy (non-hydrogen) atoms. The van der Waals surface area contributed by atoms with Gasteiger partial charge >= 0.3 is 6.03 Å². The van der Waals surface area contributed by atoms with Crippen LogP contribution in [0.4, 0.5) is 10.5 Å². The first-order valence-electron chi connectivity index (χ1n) is 7.10. The Hall–Kier alpha value is -2.08. The fourth-order valence-electron chi connectivity index (χ4n) is 2.33. The molecule has 1 heterocycles. The van der Waals surface area contributed by atoms with Gasteiger partial charge in [0, 0.05) is 31.5 Å². The third kappa shape index (κ3) is 3.95. The third-order valence-electron chi connectivity index (χ3n) is 3.57. The minimum Gasteiger partial charge on any atom is -0.376 e. The number of rotatable bonds is 4. The van der Waals surface area contributed by atoms with Crippen molar-refractivity contribution in [1.29, 1.82) is 0 Å². The number of urea groups is 1. The van der Waals surface area contributed by atoms with Crippen LogP contribution in [0.15, 0.2) is 18.2 Å². The zero-order chi connectivity index (χ0) is 15.2. The molecule has 3 amide bonds. The highest BCUT2D eigenvalue weighted by Gasteiger charge is 2.17. The molecule has 1 aromatic rings. The quantitative estimate of drug-likeness (QED) is 0.789. The Morgan fingerprint density at radius 3 is 2.86 bits per heavy atom. The summed E-state index contributed by atoms with van der Waals surface area (Å²) in [6.07, 6.45) is 2.13. The highest BCUT2D eigenvalue weighted by atomic mass is 16.5. The van der Waals surface area contributed by atoms with Crippen LogP contribution in [0, 0.1) is 6.92 Å². The lowest BCUT2D eigenvalue weighted by molar-refractivity contribution is 0.0962. The van der Waals surface area contributed by atoms with Gasteiger partial charge in [-0.3, -0.25) is 4.79 Å². The zero-order valence-corrected chi connectivity index (χ0v) is 12.4. The zero-order valence-electron chi connectivity index (χ0n) is 12.4. The average Bonchev–Trinajstić information content (AvgIpc) is 3.00. The molecule has 6 heteroatoms. The molecule has 1 aliphatic rings. The highest BCUT2D eigenvalue weighted by molar-refractivity contribution is 5.98. The molecule has 1 atom stereocenters. The van der Waals surface area contributed by atoms with Crippen molar-refractivity contribution >= 4 is 17.6 Å². The van der Waals surface area contributed by atoms with E-state index in [1.807, 2.05) is 0 Å².